The fourth-order valence-electron chi connectivity index (χ4n) is 5.30. The fraction of sp³-hybridized carbons (Fsp3) is 0.527. The van der Waals surface area contributed by atoms with E-state index in [1.807, 2.05) is 76.2 Å². The summed E-state index contributed by atoms with van der Waals surface area (Å²) in [6.07, 6.45) is -0.465. The van der Waals surface area contributed by atoms with Crippen LogP contribution < -0.4 is 43.5 Å². The zero-order chi connectivity index (χ0) is 59.7. The number of carbonyl (C=O) groups is 2. The fourth-order valence-corrected chi connectivity index (χ4v) is 9.78. The SMILES string of the molecule is CC.CC.CC.CC.CC(C)(C)OC(=O)Cc1ccc(NS(=O)(=O)c2ccccc2Br)cc1.COCCOCCl.COCCOCN(C(=O)OC(C)(C)C)c1ccc(N(COCCOC)S(=O)(=O)c2ccccc2Br)cc1.[H-].[HH].[Na+]. The van der Waals surface area contributed by atoms with Crippen molar-refractivity contribution in [1.29, 1.82) is 0 Å². The number of alkyl halides is 1. The molecule has 1 N–H and O–H groups in total. The van der Waals surface area contributed by atoms with Crippen LogP contribution in [0.3, 0.4) is 0 Å². The number of nitrogens with zero attached hydrogens (tertiary/aromatic N) is 2. The van der Waals surface area contributed by atoms with Gasteiger partial charge in [0.25, 0.3) is 20.0 Å². The van der Waals surface area contributed by atoms with Gasteiger partial charge >= 0.3 is 41.6 Å². The van der Waals surface area contributed by atoms with E-state index in [1.54, 1.807) is 120 Å². The molecule has 0 unspecified atom stereocenters. The molecule has 17 nitrogen and oxygen atoms in total. The minimum Gasteiger partial charge on any atom is -1.00 e. The number of benzene rings is 4. The molecule has 0 saturated carbocycles. The Kier molecular flexibility index (Phi) is 48.9. The van der Waals surface area contributed by atoms with Gasteiger partial charge in [-0.1, -0.05) is 103 Å². The summed E-state index contributed by atoms with van der Waals surface area (Å²) in [5.74, 6) is -0.325. The molecule has 0 aliphatic rings. The van der Waals surface area contributed by atoms with Gasteiger partial charge in [0, 0.05) is 43.1 Å². The van der Waals surface area contributed by atoms with Crippen LogP contribution in [0.25, 0.3) is 0 Å². The summed E-state index contributed by atoms with van der Waals surface area (Å²) in [6.45, 7) is 28.8. The zero-order valence-electron chi connectivity index (χ0n) is 50.4. The Morgan fingerprint density at radius 2 is 0.987 bits per heavy atom. The van der Waals surface area contributed by atoms with Gasteiger partial charge in [0.1, 0.15) is 40.5 Å². The quantitative estimate of drug-likeness (QED) is 0.0242. The van der Waals surface area contributed by atoms with E-state index in [9.17, 15) is 26.4 Å². The third kappa shape index (κ3) is 35.1. The maximum atomic E-state index is 13.6. The van der Waals surface area contributed by atoms with Gasteiger partial charge < -0.3 is 39.3 Å². The molecule has 0 atom stereocenters. The molecule has 0 aromatic heterocycles. The van der Waals surface area contributed by atoms with Crippen LogP contribution in [-0.4, -0.2) is 121 Å². The van der Waals surface area contributed by atoms with E-state index in [0.717, 1.165) is 9.87 Å². The van der Waals surface area contributed by atoms with E-state index in [1.165, 1.54) is 24.1 Å². The molecule has 78 heavy (non-hydrogen) atoms. The molecule has 4 aromatic carbocycles. The van der Waals surface area contributed by atoms with Crippen LogP contribution in [0.15, 0.2) is 116 Å². The first-order chi connectivity index (χ1) is 36.5. The molecule has 23 heteroatoms. The number of hydrogen-bond donors (Lipinski definition) is 1. The molecule has 0 radical (unpaired) electrons. The molecule has 0 aliphatic heterocycles. The molecule has 0 bridgehead atoms. The number of sulfonamides is 2. The minimum absolute atomic E-state index is 0. The van der Waals surface area contributed by atoms with Gasteiger partial charge in [-0.2, -0.15) is 0 Å². The Hall–Kier alpha value is -2.87. The number of hydrogen-bond acceptors (Lipinski definition) is 14. The predicted octanol–water partition coefficient (Wildman–Crippen LogP) is 11.1. The molecular formula is C55H91Br2ClN3NaO14S2. The Morgan fingerprint density at radius 3 is 1.41 bits per heavy atom. The van der Waals surface area contributed by atoms with Gasteiger partial charge in [-0.25, -0.2) is 25.9 Å². The summed E-state index contributed by atoms with van der Waals surface area (Å²) in [7, 11) is -2.97. The largest absolute Gasteiger partial charge is 1.00 e. The third-order valence-corrected chi connectivity index (χ3v) is 13.7. The number of carbonyl (C=O) groups excluding carboxylic acids is 2. The molecule has 0 heterocycles. The van der Waals surface area contributed by atoms with E-state index in [0.29, 0.717) is 52.4 Å². The van der Waals surface area contributed by atoms with Crippen LogP contribution in [0.2, 0.25) is 0 Å². The molecule has 444 valence electrons. The van der Waals surface area contributed by atoms with Crippen LogP contribution in [-0.2, 0) is 69.2 Å². The molecule has 0 aliphatic carbocycles. The molecular weight excluding hydrogens is 1210 g/mol. The first-order valence-corrected chi connectivity index (χ1v) is 30.3. The van der Waals surface area contributed by atoms with Gasteiger partial charge in [-0.15, -0.1) is 0 Å². The number of rotatable bonds is 23. The Labute approximate surface area is 515 Å². The van der Waals surface area contributed by atoms with E-state index in [4.69, 9.17) is 44.8 Å². The van der Waals surface area contributed by atoms with Crippen LogP contribution >= 0.6 is 43.5 Å². The summed E-state index contributed by atoms with van der Waals surface area (Å²) in [5, 5.41) is 0. The predicted molar refractivity (Wildman–Crippen MR) is 322 cm³/mol. The van der Waals surface area contributed by atoms with Crippen molar-refractivity contribution in [1.82, 2.24) is 0 Å². The van der Waals surface area contributed by atoms with Crippen molar-refractivity contribution < 1.29 is 96.7 Å². The van der Waals surface area contributed by atoms with Gasteiger partial charge in [0.15, 0.2) is 0 Å². The van der Waals surface area contributed by atoms with Crippen molar-refractivity contribution in [3.05, 3.63) is 112 Å². The van der Waals surface area contributed by atoms with Crippen LogP contribution in [0, 0.1) is 0 Å². The van der Waals surface area contributed by atoms with Gasteiger partial charge in [0.05, 0.1) is 51.7 Å². The van der Waals surface area contributed by atoms with Crippen LogP contribution in [0.4, 0.5) is 21.9 Å². The van der Waals surface area contributed by atoms with Crippen molar-refractivity contribution in [2.24, 2.45) is 0 Å². The van der Waals surface area contributed by atoms with Crippen LogP contribution in [0.5, 0.6) is 0 Å². The maximum Gasteiger partial charge on any atom is 1.00 e. The summed E-state index contributed by atoms with van der Waals surface area (Å²) in [4.78, 5) is 26.3. The van der Waals surface area contributed by atoms with Gasteiger partial charge in [-0.3, -0.25) is 14.4 Å². The normalized spacial score (nSPS) is 10.6. The molecule has 0 fully saturated rings. The van der Waals surface area contributed by atoms with Crippen LogP contribution in [0.1, 0.15) is 105 Å². The topological polar surface area (TPSA) is 195 Å². The molecule has 4 aromatic rings. The average molecular weight is 1300 g/mol. The number of halogens is 3. The molecule has 0 spiro atoms. The number of methoxy groups -OCH3 is 3. The van der Waals surface area contributed by atoms with Crippen molar-refractivity contribution in [3.63, 3.8) is 0 Å². The number of anilines is 3. The molecule has 4 rings (SSSR count). The first kappa shape index (κ1) is 81.6. The van der Waals surface area contributed by atoms with Gasteiger partial charge in [-0.05, 0) is 140 Å². The first-order valence-electron chi connectivity index (χ1n) is 25.2. The van der Waals surface area contributed by atoms with Crippen molar-refractivity contribution in [2.45, 2.75) is 124 Å². The van der Waals surface area contributed by atoms with Crippen molar-refractivity contribution >= 4 is 92.6 Å². The van der Waals surface area contributed by atoms with Gasteiger partial charge in [0.2, 0.25) is 0 Å². The maximum absolute atomic E-state index is 13.6. The Morgan fingerprint density at radius 1 is 0.577 bits per heavy atom. The minimum atomic E-state index is -3.99. The second-order valence-corrected chi connectivity index (χ2v) is 21.7. The standard InChI is InChI=1S/C25H35BrN2O8S.C18H20BrNO4S.C4H9ClO2.4C2H6.Na.H2.H/c1-25(2,3)36-24(29)27(18-34-16-14-32-4)20-10-12-21(13-11-20)28(19-35-17-15-33-5)37(30,31)23-9-7-6-8-22(23)26;1-18(2,3)24-17(21)12-13-8-10-14(11-9-13)20-25(22,23)16-7-5-4-6-15(16)19;1-6-2-3-7-4-5;4*1-2;;;/h6-13H,14-19H2,1-5H3;4-11,20H,12H2,1-3H3;2-4H2,1H3;4*1-2H3;;1H;/q;;;;;;;+1;;-1. The summed E-state index contributed by atoms with van der Waals surface area (Å²) < 4.78 is 97.9. The number of nitrogens with one attached hydrogen (secondary N) is 1. The Balaban J connectivity index is -0.000000276. The number of esters is 1. The van der Waals surface area contributed by atoms with Crippen molar-refractivity contribution in [3.8, 4) is 0 Å². The number of amides is 1. The second-order valence-electron chi connectivity index (χ2n) is 16.3. The van der Waals surface area contributed by atoms with E-state index in [-0.39, 0.29) is 87.3 Å². The van der Waals surface area contributed by atoms with E-state index in [2.05, 4.69) is 41.3 Å². The zero-order valence-corrected chi connectivity index (χ0v) is 56.9. The smallest absolute Gasteiger partial charge is 1.00 e. The number of ether oxygens (including phenoxy) is 8. The molecule has 1 amide bonds. The van der Waals surface area contributed by atoms with E-state index >= 15 is 0 Å². The second kappa shape index (κ2) is 46.7. The van der Waals surface area contributed by atoms with Crippen molar-refractivity contribution in [2.75, 3.05) is 94.4 Å². The van der Waals surface area contributed by atoms with E-state index < -0.39 is 37.3 Å². The summed E-state index contributed by atoms with van der Waals surface area (Å²) in [5.41, 5.74) is 0.738. The third-order valence-electron chi connectivity index (χ3n) is 8.37. The average Bonchev–Trinajstić information content (AvgIpc) is 3.39. The monoisotopic (exact) mass is 1300 g/mol. The summed E-state index contributed by atoms with van der Waals surface area (Å²) in [6, 6.07) is 26.4. The summed E-state index contributed by atoms with van der Waals surface area (Å²) >= 11 is 11.7. The molecule has 0 saturated heterocycles. The Bertz CT molecular complexity index is 2390.